The summed E-state index contributed by atoms with van der Waals surface area (Å²) < 4.78 is 0. The Morgan fingerprint density at radius 1 is 1.27 bits per heavy atom. The average Bonchev–Trinajstić information content (AvgIpc) is 2.26. The van der Waals surface area contributed by atoms with Crippen LogP contribution in [-0.2, 0) is 6.42 Å². The van der Waals surface area contributed by atoms with E-state index in [-0.39, 0.29) is 0 Å². The minimum absolute atomic E-state index is 0.473. The molecule has 1 unspecified atom stereocenters. The molecule has 1 heteroatoms. The van der Waals surface area contributed by atoms with E-state index in [9.17, 15) is 5.11 Å². The van der Waals surface area contributed by atoms with Crippen LogP contribution in [0.15, 0.2) is 18.2 Å². The molecule has 0 fully saturated rings. The summed E-state index contributed by atoms with van der Waals surface area (Å²) in [6.45, 7) is 6.60. The first-order valence-corrected chi connectivity index (χ1v) is 6.01. The Bertz CT molecular complexity index is 304. The molecule has 0 aromatic heterocycles. The number of unbranched alkanes of at least 4 members (excludes halogenated alkanes) is 1. The number of phenolic OH excluding ortho intramolecular Hbond substituents is 1. The SMILES string of the molecule is CCCCc1c(O)cccc1C(C)CC. The molecule has 1 aromatic carbocycles. The lowest BCUT2D eigenvalue weighted by Crippen LogP contribution is -1.99. The van der Waals surface area contributed by atoms with Gasteiger partial charge >= 0.3 is 0 Å². The maximum Gasteiger partial charge on any atom is 0.119 e. The van der Waals surface area contributed by atoms with Gasteiger partial charge in [0.25, 0.3) is 0 Å². The first-order valence-electron chi connectivity index (χ1n) is 6.01. The second kappa shape index (κ2) is 5.79. The number of rotatable bonds is 5. The zero-order valence-electron chi connectivity index (χ0n) is 10.1. The van der Waals surface area contributed by atoms with Gasteiger partial charge in [-0.15, -0.1) is 0 Å². The molecule has 1 N–H and O–H groups in total. The van der Waals surface area contributed by atoms with E-state index in [4.69, 9.17) is 0 Å². The normalized spacial score (nSPS) is 12.7. The molecule has 0 amide bonds. The Morgan fingerprint density at radius 2 is 2.00 bits per heavy atom. The summed E-state index contributed by atoms with van der Waals surface area (Å²) in [6.07, 6.45) is 4.46. The van der Waals surface area contributed by atoms with Gasteiger partial charge in [0.1, 0.15) is 5.75 Å². The Morgan fingerprint density at radius 3 is 2.60 bits per heavy atom. The van der Waals surface area contributed by atoms with Gasteiger partial charge < -0.3 is 5.11 Å². The molecule has 0 saturated carbocycles. The largest absolute Gasteiger partial charge is 0.508 e. The summed E-state index contributed by atoms with van der Waals surface area (Å²) in [6, 6.07) is 5.90. The highest BCUT2D eigenvalue weighted by Crippen LogP contribution is 2.30. The van der Waals surface area contributed by atoms with E-state index in [1.54, 1.807) is 6.07 Å². The molecule has 1 rings (SSSR count). The van der Waals surface area contributed by atoms with Gasteiger partial charge in [0.05, 0.1) is 0 Å². The minimum Gasteiger partial charge on any atom is -0.508 e. The van der Waals surface area contributed by atoms with Crippen molar-refractivity contribution >= 4 is 0 Å². The molecule has 0 spiro atoms. The van der Waals surface area contributed by atoms with E-state index in [1.807, 2.05) is 6.07 Å². The second-order valence-electron chi connectivity index (χ2n) is 4.26. The Kier molecular flexibility index (Phi) is 4.67. The molecule has 0 saturated heterocycles. The number of hydrogen-bond acceptors (Lipinski definition) is 1. The van der Waals surface area contributed by atoms with E-state index in [0.717, 1.165) is 24.8 Å². The van der Waals surface area contributed by atoms with Gasteiger partial charge in [0.15, 0.2) is 0 Å². The van der Waals surface area contributed by atoms with Crippen molar-refractivity contribution in [1.82, 2.24) is 0 Å². The van der Waals surface area contributed by atoms with Gasteiger partial charge in [-0.2, -0.15) is 0 Å². The zero-order valence-corrected chi connectivity index (χ0v) is 10.1. The molecule has 84 valence electrons. The van der Waals surface area contributed by atoms with Crippen LogP contribution in [0.5, 0.6) is 5.75 Å². The van der Waals surface area contributed by atoms with Crippen LogP contribution in [0.3, 0.4) is 0 Å². The van der Waals surface area contributed by atoms with Gasteiger partial charge in [-0.1, -0.05) is 39.3 Å². The molecule has 1 nitrogen and oxygen atoms in total. The molecule has 1 atom stereocenters. The highest BCUT2D eigenvalue weighted by molar-refractivity contribution is 5.41. The summed E-state index contributed by atoms with van der Waals surface area (Å²) in [7, 11) is 0. The third-order valence-electron chi connectivity index (χ3n) is 3.11. The number of benzene rings is 1. The molecule has 15 heavy (non-hydrogen) atoms. The molecule has 0 aliphatic rings. The zero-order chi connectivity index (χ0) is 11.3. The minimum atomic E-state index is 0.473. The third kappa shape index (κ3) is 2.98. The maximum absolute atomic E-state index is 9.86. The van der Waals surface area contributed by atoms with Crippen molar-refractivity contribution in [3.63, 3.8) is 0 Å². The molecule has 0 heterocycles. The lowest BCUT2D eigenvalue weighted by Gasteiger charge is -2.16. The number of hydrogen-bond donors (Lipinski definition) is 1. The Labute approximate surface area is 93.1 Å². The summed E-state index contributed by atoms with van der Waals surface area (Å²) in [4.78, 5) is 0. The van der Waals surface area contributed by atoms with Crippen LogP contribution in [0.1, 0.15) is 57.1 Å². The molecule has 0 bridgehead atoms. The quantitative estimate of drug-likeness (QED) is 0.763. The van der Waals surface area contributed by atoms with Gasteiger partial charge in [0, 0.05) is 0 Å². The summed E-state index contributed by atoms with van der Waals surface area (Å²) >= 11 is 0. The van der Waals surface area contributed by atoms with Gasteiger partial charge in [0.2, 0.25) is 0 Å². The molecule has 0 aliphatic carbocycles. The van der Waals surface area contributed by atoms with E-state index in [2.05, 4.69) is 26.8 Å². The van der Waals surface area contributed by atoms with Crippen molar-refractivity contribution in [2.75, 3.05) is 0 Å². The van der Waals surface area contributed by atoms with Crippen molar-refractivity contribution in [3.05, 3.63) is 29.3 Å². The van der Waals surface area contributed by atoms with E-state index in [0.29, 0.717) is 11.7 Å². The van der Waals surface area contributed by atoms with Crippen LogP contribution in [0, 0.1) is 0 Å². The monoisotopic (exact) mass is 206 g/mol. The van der Waals surface area contributed by atoms with E-state index < -0.39 is 0 Å². The maximum atomic E-state index is 9.86. The van der Waals surface area contributed by atoms with E-state index in [1.165, 1.54) is 12.0 Å². The Hall–Kier alpha value is -0.980. The summed E-state index contributed by atoms with van der Waals surface area (Å²) in [5.41, 5.74) is 2.49. The predicted octanol–water partition coefficient (Wildman–Crippen LogP) is 4.25. The highest BCUT2D eigenvalue weighted by Gasteiger charge is 2.11. The van der Waals surface area contributed by atoms with Crippen LogP contribution >= 0.6 is 0 Å². The van der Waals surface area contributed by atoms with Gasteiger partial charge in [-0.3, -0.25) is 0 Å². The molecular weight excluding hydrogens is 184 g/mol. The van der Waals surface area contributed by atoms with Crippen molar-refractivity contribution in [1.29, 1.82) is 0 Å². The first-order chi connectivity index (χ1) is 7.20. The van der Waals surface area contributed by atoms with Crippen LogP contribution < -0.4 is 0 Å². The summed E-state index contributed by atoms with van der Waals surface area (Å²) in [5.74, 6) is 1.02. The fraction of sp³-hybridized carbons (Fsp3) is 0.571. The second-order valence-corrected chi connectivity index (χ2v) is 4.26. The van der Waals surface area contributed by atoms with E-state index >= 15 is 0 Å². The highest BCUT2D eigenvalue weighted by atomic mass is 16.3. The number of aromatic hydroxyl groups is 1. The van der Waals surface area contributed by atoms with Crippen LogP contribution in [-0.4, -0.2) is 5.11 Å². The fourth-order valence-electron chi connectivity index (χ4n) is 1.90. The summed E-state index contributed by atoms with van der Waals surface area (Å²) in [5, 5.41) is 9.86. The molecule has 0 radical (unpaired) electrons. The fourth-order valence-corrected chi connectivity index (χ4v) is 1.90. The third-order valence-corrected chi connectivity index (χ3v) is 3.11. The lowest BCUT2D eigenvalue weighted by molar-refractivity contribution is 0.464. The van der Waals surface area contributed by atoms with Crippen molar-refractivity contribution in [2.24, 2.45) is 0 Å². The molecule has 1 aromatic rings. The van der Waals surface area contributed by atoms with Crippen molar-refractivity contribution < 1.29 is 5.11 Å². The lowest BCUT2D eigenvalue weighted by atomic mass is 9.91. The van der Waals surface area contributed by atoms with Crippen molar-refractivity contribution in [2.45, 2.75) is 52.4 Å². The molecule has 0 aliphatic heterocycles. The first kappa shape index (κ1) is 12.1. The average molecular weight is 206 g/mol. The van der Waals surface area contributed by atoms with Crippen LogP contribution in [0.25, 0.3) is 0 Å². The van der Waals surface area contributed by atoms with Gasteiger partial charge in [-0.05, 0) is 42.4 Å². The molecular formula is C14H22O. The van der Waals surface area contributed by atoms with Crippen molar-refractivity contribution in [3.8, 4) is 5.75 Å². The topological polar surface area (TPSA) is 20.2 Å². The number of phenols is 1. The standard InChI is InChI=1S/C14H22O/c1-4-6-8-13-12(11(3)5-2)9-7-10-14(13)15/h7,9-11,15H,4-6,8H2,1-3H3. The van der Waals surface area contributed by atoms with Crippen LogP contribution in [0.2, 0.25) is 0 Å². The Balaban J connectivity index is 2.97. The predicted molar refractivity (Wildman–Crippen MR) is 65.4 cm³/mol. The van der Waals surface area contributed by atoms with Crippen LogP contribution in [0.4, 0.5) is 0 Å². The van der Waals surface area contributed by atoms with Gasteiger partial charge in [-0.25, -0.2) is 0 Å². The smallest absolute Gasteiger partial charge is 0.119 e.